The van der Waals surface area contributed by atoms with Crippen LogP contribution in [0.3, 0.4) is 0 Å². The van der Waals surface area contributed by atoms with Crippen molar-refractivity contribution in [1.29, 1.82) is 0 Å². The average Bonchev–Trinajstić information content (AvgIpc) is 3.72. The van der Waals surface area contributed by atoms with Crippen LogP contribution >= 0.6 is 0 Å². The normalized spacial score (nSPS) is 20.1. The van der Waals surface area contributed by atoms with Crippen molar-refractivity contribution >= 4 is 40.6 Å². The van der Waals surface area contributed by atoms with Gasteiger partial charge in [-0.3, -0.25) is 19.2 Å². The fourth-order valence-corrected chi connectivity index (χ4v) is 6.43. The zero-order chi connectivity index (χ0) is 35.2. The Morgan fingerprint density at radius 3 is 2.52 bits per heavy atom. The van der Waals surface area contributed by atoms with Crippen LogP contribution in [0.5, 0.6) is 5.75 Å². The quantitative estimate of drug-likeness (QED) is 0.283. The topological polar surface area (TPSA) is 153 Å². The van der Waals surface area contributed by atoms with Gasteiger partial charge in [-0.15, -0.1) is 0 Å². The first-order valence-electron chi connectivity index (χ1n) is 16.5. The van der Waals surface area contributed by atoms with E-state index < -0.39 is 24.1 Å². The molecular weight excluding hydrogens is 640 g/mol. The third kappa shape index (κ3) is 8.05. The second-order valence-corrected chi connectivity index (χ2v) is 12.7. The molecule has 0 aliphatic carbocycles. The van der Waals surface area contributed by atoms with Crippen molar-refractivity contribution in [3.63, 3.8) is 0 Å². The highest BCUT2D eigenvalue weighted by molar-refractivity contribution is 5.96. The minimum Gasteiger partial charge on any atom is -0.491 e. The SMILES string of the molecule is CN1CC(NC(=O)OCc2ccccc2)C(=O)N(C)CC(=O)N2CC(NC(=O)Cc3c[nH]c4ccccc34)C[C@H]2COc2cccc(c2)C1=O. The van der Waals surface area contributed by atoms with Crippen LogP contribution in [0.1, 0.15) is 27.9 Å². The molecule has 1 saturated heterocycles. The van der Waals surface area contributed by atoms with Crippen LogP contribution < -0.4 is 15.4 Å². The van der Waals surface area contributed by atoms with E-state index in [2.05, 4.69) is 15.6 Å². The van der Waals surface area contributed by atoms with E-state index in [0.29, 0.717) is 17.7 Å². The second-order valence-electron chi connectivity index (χ2n) is 12.7. The van der Waals surface area contributed by atoms with Gasteiger partial charge in [0.1, 0.15) is 25.0 Å². The molecule has 2 unspecified atom stereocenters. The summed E-state index contributed by atoms with van der Waals surface area (Å²) >= 11 is 0. The molecule has 3 aromatic carbocycles. The van der Waals surface area contributed by atoms with E-state index in [9.17, 15) is 24.0 Å². The number of carbonyl (C=O) groups is 5. The molecule has 13 heteroatoms. The molecule has 2 aliphatic rings. The molecule has 5 amide bonds. The third-order valence-corrected chi connectivity index (χ3v) is 9.00. The fourth-order valence-electron chi connectivity index (χ4n) is 6.43. The molecule has 13 nitrogen and oxygen atoms in total. The van der Waals surface area contributed by atoms with Crippen molar-refractivity contribution in [2.75, 3.05) is 40.3 Å². The van der Waals surface area contributed by atoms with Crippen LogP contribution in [0.15, 0.2) is 85.1 Å². The van der Waals surface area contributed by atoms with Crippen molar-refractivity contribution in [3.05, 3.63) is 102 Å². The minimum atomic E-state index is -1.21. The zero-order valence-electron chi connectivity index (χ0n) is 28.0. The number of nitrogens with zero attached hydrogens (tertiary/aromatic N) is 3. The molecule has 4 aromatic rings. The number of likely N-dealkylation sites (N-methyl/N-ethyl adjacent to an activating group) is 2. The number of carbonyl (C=O) groups excluding carboxylic acids is 5. The average molecular weight is 681 g/mol. The van der Waals surface area contributed by atoms with Gasteiger partial charge in [-0.25, -0.2) is 4.79 Å². The Hall–Kier alpha value is -5.85. The van der Waals surface area contributed by atoms with Gasteiger partial charge in [-0.2, -0.15) is 0 Å². The number of aromatic nitrogens is 1. The lowest BCUT2D eigenvalue weighted by Crippen LogP contribution is -2.55. The smallest absolute Gasteiger partial charge is 0.408 e. The molecule has 0 spiro atoms. The maximum atomic E-state index is 13.8. The van der Waals surface area contributed by atoms with Crippen LogP contribution in [0.25, 0.3) is 10.9 Å². The standard InChI is InChI=1S/C37H40N6O7/c1-41-20-32(40-37(48)50-22-24-9-4-3-5-10-24)36(47)42(2)21-34(45)43-19-27(17-28(43)23-49-29-12-8-11-25(15-29)35(41)46)39-33(44)16-26-18-38-31-14-7-6-13-30(26)31/h3-15,18,27-28,32,38H,16-17,19-23H2,1-2H3,(H,39,44)(H,40,48)/t27?,28-,32?/m0/s1. The van der Waals surface area contributed by atoms with E-state index in [-0.39, 0.29) is 63.0 Å². The summed E-state index contributed by atoms with van der Waals surface area (Å²) in [5, 5.41) is 6.64. The first-order chi connectivity index (χ1) is 24.1. The Balaban J connectivity index is 1.18. The Bertz CT molecular complexity index is 1880. The number of aromatic amines is 1. The lowest BCUT2D eigenvalue weighted by Gasteiger charge is -2.30. The van der Waals surface area contributed by atoms with E-state index in [1.165, 1.54) is 23.9 Å². The highest BCUT2D eigenvalue weighted by Crippen LogP contribution is 2.23. The molecule has 2 aliphatic heterocycles. The number of para-hydroxylation sites is 1. The number of H-pyrrole nitrogens is 1. The summed E-state index contributed by atoms with van der Waals surface area (Å²) in [4.78, 5) is 74.4. The van der Waals surface area contributed by atoms with Crippen molar-refractivity contribution in [2.45, 2.75) is 37.6 Å². The molecular formula is C37H40N6O7. The Labute approximate surface area is 289 Å². The van der Waals surface area contributed by atoms with Crippen molar-refractivity contribution in [1.82, 2.24) is 30.3 Å². The maximum absolute atomic E-state index is 13.8. The van der Waals surface area contributed by atoms with Gasteiger partial charge in [0, 0.05) is 49.3 Å². The number of fused-ring (bicyclic) bond motifs is 4. The van der Waals surface area contributed by atoms with Crippen LogP contribution in [0.4, 0.5) is 4.79 Å². The molecule has 0 radical (unpaired) electrons. The molecule has 3 heterocycles. The van der Waals surface area contributed by atoms with Gasteiger partial charge in [-0.05, 0) is 41.8 Å². The van der Waals surface area contributed by atoms with E-state index in [1.54, 1.807) is 41.3 Å². The third-order valence-electron chi connectivity index (χ3n) is 9.00. The molecule has 1 aromatic heterocycles. The van der Waals surface area contributed by atoms with Gasteiger partial charge < -0.3 is 39.8 Å². The number of ether oxygens (including phenoxy) is 2. The van der Waals surface area contributed by atoms with E-state index in [4.69, 9.17) is 9.47 Å². The molecule has 0 saturated carbocycles. The number of hydrogen-bond acceptors (Lipinski definition) is 7. The van der Waals surface area contributed by atoms with Gasteiger partial charge in [0.25, 0.3) is 5.91 Å². The number of alkyl carbamates (subject to hydrolysis) is 1. The summed E-state index contributed by atoms with van der Waals surface area (Å²) in [7, 11) is 2.99. The summed E-state index contributed by atoms with van der Waals surface area (Å²) < 4.78 is 11.5. The Morgan fingerprint density at radius 2 is 1.70 bits per heavy atom. The van der Waals surface area contributed by atoms with Gasteiger partial charge in [0.15, 0.2) is 0 Å². The number of benzene rings is 3. The second kappa shape index (κ2) is 15.1. The predicted octanol–water partition coefficient (Wildman–Crippen LogP) is 2.71. The molecule has 50 heavy (non-hydrogen) atoms. The van der Waals surface area contributed by atoms with E-state index >= 15 is 0 Å². The predicted molar refractivity (Wildman–Crippen MR) is 184 cm³/mol. The number of amides is 5. The van der Waals surface area contributed by atoms with Crippen LogP contribution in [0, 0.1) is 0 Å². The van der Waals surface area contributed by atoms with Gasteiger partial charge in [-0.1, -0.05) is 54.6 Å². The van der Waals surface area contributed by atoms with E-state index in [0.717, 1.165) is 22.0 Å². The lowest BCUT2D eigenvalue weighted by molar-refractivity contribution is -0.141. The minimum absolute atomic E-state index is 0.0146. The first-order valence-corrected chi connectivity index (χ1v) is 16.5. The van der Waals surface area contributed by atoms with Crippen LogP contribution in [-0.4, -0.2) is 108 Å². The number of rotatable bonds is 6. The molecule has 6 rings (SSSR count). The molecule has 260 valence electrons. The molecule has 1 fully saturated rings. The van der Waals surface area contributed by atoms with Gasteiger partial charge >= 0.3 is 6.09 Å². The highest BCUT2D eigenvalue weighted by atomic mass is 16.5. The molecule has 3 N–H and O–H groups in total. The zero-order valence-corrected chi connectivity index (χ0v) is 28.0. The van der Waals surface area contributed by atoms with Crippen molar-refractivity contribution < 1.29 is 33.4 Å². The maximum Gasteiger partial charge on any atom is 0.408 e. The summed E-state index contributed by atoms with van der Waals surface area (Å²) in [5.41, 5.74) is 2.91. The van der Waals surface area contributed by atoms with Gasteiger partial charge in [0.2, 0.25) is 17.7 Å². The number of hydrogen-bond donors (Lipinski definition) is 3. The van der Waals surface area contributed by atoms with Gasteiger partial charge in [0.05, 0.1) is 25.6 Å². The first kappa shape index (κ1) is 34.0. The summed E-state index contributed by atoms with van der Waals surface area (Å²) in [5.74, 6) is -1.05. The van der Waals surface area contributed by atoms with Crippen LogP contribution in [-0.2, 0) is 32.1 Å². The summed E-state index contributed by atoms with van der Waals surface area (Å²) in [6.45, 7) is -0.154. The fraction of sp³-hybridized carbons (Fsp3) is 0.324. The van der Waals surface area contributed by atoms with Crippen molar-refractivity contribution in [3.8, 4) is 5.75 Å². The summed E-state index contributed by atoms with van der Waals surface area (Å²) in [6.07, 6.45) is 1.59. The van der Waals surface area contributed by atoms with Crippen molar-refractivity contribution in [2.24, 2.45) is 0 Å². The highest BCUT2D eigenvalue weighted by Gasteiger charge is 2.38. The largest absolute Gasteiger partial charge is 0.491 e. The Kier molecular flexibility index (Phi) is 10.3. The number of nitrogens with one attached hydrogen (secondary N) is 3. The van der Waals surface area contributed by atoms with E-state index in [1.807, 2.05) is 48.7 Å². The Morgan fingerprint density at radius 1 is 0.920 bits per heavy atom. The molecule has 3 atom stereocenters. The summed E-state index contributed by atoms with van der Waals surface area (Å²) in [6, 6.07) is 21.5. The molecule has 2 bridgehead atoms. The van der Waals surface area contributed by atoms with Crippen LogP contribution in [0.2, 0.25) is 0 Å². The monoisotopic (exact) mass is 680 g/mol. The lowest BCUT2D eigenvalue weighted by atomic mass is 10.1.